The molecule has 3 aromatic rings. The number of para-hydroxylation sites is 1. The summed E-state index contributed by atoms with van der Waals surface area (Å²) in [6, 6.07) is 14.1. The molecule has 1 aromatic heterocycles. The van der Waals surface area contributed by atoms with Gasteiger partial charge in [0.25, 0.3) is 5.91 Å². The Bertz CT molecular complexity index is 970. The molecule has 0 aliphatic carbocycles. The van der Waals surface area contributed by atoms with Gasteiger partial charge in [0.15, 0.2) is 0 Å². The molecule has 0 aliphatic rings. The Kier molecular flexibility index (Phi) is 6.33. The van der Waals surface area contributed by atoms with Gasteiger partial charge in [-0.2, -0.15) is 0 Å². The maximum atomic E-state index is 12.6. The number of aromatic nitrogens is 2. The van der Waals surface area contributed by atoms with E-state index in [4.69, 9.17) is 4.74 Å². The van der Waals surface area contributed by atoms with Crippen molar-refractivity contribution in [2.75, 3.05) is 17.7 Å². The highest BCUT2D eigenvalue weighted by atomic mass is 32.1. The highest BCUT2D eigenvalue weighted by molar-refractivity contribution is 7.15. The molecule has 3 rings (SSSR count). The topological polar surface area (TPSA) is 93.2 Å². The summed E-state index contributed by atoms with van der Waals surface area (Å²) in [4.78, 5) is 25.0. The Morgan fingerprint density at radius 1 is 1.04 bits per heavy atom. The number of anilines is 2. The molecule has 8 heteroatoms. The molecule has 2 aromatic carbocycles. The smallest absolute Gasteiger partial charge is 0.259 e. The second kappa shape index (κ2) is 9.09. The molecule has 0 saturated carbocycles. The van der Waals surface area contributed by atoms with E-state index in [2.05, 4.69) is 20.8 Å². The second-order valence-electron chi connectivity index (χ2n) is 5.93. The fourth-order valence-electron chi connectivity index (χ4n) is 2.52. The summed E-state index contributed by atoms with van der Waals surface area (Å²) < 4.78 is 5.12. The van der Waals surface area contributed by atoms with Crippen molar-refractivity contribution >= 4 is 34.0 Å². The van der Waals surface area contributed by atoms with Crippen LogP contribution in [0.3, 0.4) is 0 Å². The van der Waals surface area contributed by atoms with Gasteiger partial charge in [-0.05, 0) is 36.2 Å². The molecule has 0 fully saturated rings. The van der Waals surface area contributed by atoms with Crippen molar-refractivity contribution in [3.05, 3.63) is 64.7 Å². The summed E-state index contributed by atoms with van der Waals surface area (Å²) in [5.74, 6) is 0.169. The van der Waals surface area contributed by atoms with Gasteiger partial charge >= 0.3 is 0 Å². The number of benzene rings is 2. The van der Waals surface area contributed by atoms with Crippen molar-refractivity contribution in [3.8, 4) is 5.75 Å². The van der Waals surface area contributed by atoms with Crippen molar-refractivity contribution in [1.82, 2.24) is 10.2 Å². The zero-order valence-corrected chi connectivity index (χ0v) is 16.4. The van der Waals surface area contributed by atoms with Crippen LogP contribution in [0.15, 0.2) is 48.5 Å². The van der Waals surface area contributed by atoms with Crippen molar-refractivity contribution in [2.45, 2.75) is 19.8 Å². The molecule has 0 atom stereocenters. The quantitative estimate of drug-likeness (QED) is 0.637. The van der Waals surface area contributed by atoms with Crippen LogP contribution >= 0.6 is 11.3 Å². The maximum Gasteiger partial charge on any atom is 0.259 e. The summed E-state index contributed by atoms with van der Waals surface area (Å²) in [5, 5.41) is 14.8. The highest BCUT2D eigenvalue weighted by Crippen LogP contribution is 2.20. The van der Waals surface area contributed by atoms with E-state index in [1.807, 2.05) is 19.1 Å². The molecular weight excluding hydrogens is 376 g/mol. The van der Waals surface area contributed by atoms with Crippen LogP contribution in [0.1, 0.15) is 27.9 Å². The largest absolute Gasteiger partial charge is 0.497 e. The standard InChI is InChI=1S/C20H20N4O3S/c1-3-18-23-24-20(28-18)22-19(26)15-6-4-5-7-16(15)21-17(25)12-13-8-10-14(27-2)11-9-13/h4-11H,3,12H2,1-2H3,(H,21,25)(H,22,24,26). The Labute approximate surface area is 166 Å². The Morgan fingerprint density at radius 3 is 2.46 bits per heavy atom. The molecular formula is C20H20N4O3S. The van der Waals surface area contributed by atoms with Crippen LogP contribution in [0, 0.1) is 0 Å². The van der Waals surface area contributed by atoms with Gasteiger partial charge in [-0.3, -0.25) is 14.9 Å². The summed E-state index contributed by atoms with van der Waals surface area (Å²) >= 11 is 1.33. The van der Waals surface area contributed by atoms with Gasteiger partial charge in [-0.15, -0.1) is 10.2 Å². The number of methoxy groups -OCH3 is 1. The minimum Gasteiger partial charge on any atom is -0.497 e. The number of nitrogens with one attached hydrogen (secondary N) is 2. The second-order valence-corrected chi connectivity index (χ2v) is 6.99. The Balaban J connectivity index is 1.68. The van der Waals surface area contributed by atoms with Gasteiger partial charge in [0.1, 0.15) is 10.8 Å². The minimum atomic E-state index is -0.348. The summed E-state index contributed by atoms with van der Waals surface area (Å²) in [6.45, 7) is 1.97. The van der Waals surface area contributed by atoms with Crippen LogP contribution in [0.4, 0.5) is 10.8 Å². The normalized spacial score (nSPS) is 10.4. The zero-order chi connectivity index (χ0) is 19.9. The molecule has 2 N–H and O–H groups in total. The van der Waals surface area contributed by atoms with E-state index in [0.29, 0.717) is 16.4 Å². The molecule has 2 amide bonds. The first-order valence-corrected chi connectivity index (χ1v) is 9.56. The lowest BCUT2D eigenvalue weighted by Gasteiger charge is -2.10. The lowest BCUT2D eigenvalue weighted by atomic mass is 10.1. The molecule has 0 unspecified atom stereocenters. The minimum absolute atomic E-state index is 0.191. The lowest BCUT2D eigenvalue weighted by molar-refractivity contribution is -0.115. The first-order chi connectivity index (χ1) is 13.6. The third-order valence-electron chi connectivity index (χ3n) is 3.96. The number of carbonyl (C=O) groups is 2. The predicted octanol–water partition coefficient (Wildman–Crippen LogP) is 3.54. The number of hydrogen-bond donors (Lipinski definition) is 2. The number of ether oxygens (including phenoxy) is 1. The third-order valence-corrected chi connectivity index (χ3v) is 4.94. The molecule has 1 heterocycles. The van der Waals surface area contributed by atoms with E-state index < -0.39 is 0 Å². The summed E-state index contributed by atoms with van der Waals surface area (Å²) in [6.07, 6.45) is 0.946. The first kappa shape index (κ1) is 19.5. The van der Waals surface area contributed by atoms with Crippen LogP contribution in [0.5, 0.6) is 5.75 Å². The molecule has 0 saturated heterocycles. The van der Waals surface area contributed by atoms with E-state index in [-0.39, 0.29) is 18.2 Å². The van der Waals surface area contributed by atoms with Gasteiger partial charge in [0, 0.05) is 0 Å². The zero-order valence-electron chi connectivity index (χ0n) is 15.6. The van der Waals surface area contributed by atoms with Crippen LogP contribution in [0.25, 0.3) is 0 Å². The monoisotopic (exact) mass is 396 g/mol. The van der Waals surface area contributed by atoms with E-state index in [9.17, 15) is 9.59 Å². The molecule has 0 spiro atoms. The number of carbonyl (C=O) groups excluding carboxylic acids is 2. The third kappa shape index (κ3) is 4.92. The summed E-state index contributed by atoms with van der Waals surface area (Å²) in [7, 11) is 1.59. The number of hydrogen-bond acceptors (Lipinski definition) is 6. The number of rotatable bonds is 7. The Hall–Kier alpha value is -3.26. The average molecular weight is 396 g/mol. The van der Waals surface area contributed by atoms with Gasteiger partial charge in [0.05, 0.1) is 24.8 Å². The fraction of sp³-hybridized carbons (Fsp3) is 0.200. The number of aryl methyl sites for hydroxylation is 1. The van der Waals surface area contributed by atoms with E-state index in [0.717, 1.165) is 22.7 Å². The van der Waals surface area contributed by atoms with E-state index >= 15 is 0 Å². The lowest BCUT2D eigenvalue weighted by Crippen LogP contribution is -2.19. The molecule has 0 radical (unpaired) electrons. The van der Waals surface area contributed by atoms with Crippen LogP contribution in [0.2, 0.25) is 0 Å². The first-order valence-electron chi connectivity index (χ1n) is 8.74. The maximum absolute atomic E-state index is 12.6. The van der Waals surface area contributed by atoms with Crippen molar-refractivity contribution in [1.29, 1.82) is 0 Å². The van der Waals surface area contributed by atoms with Crippen LogP contribution < -0.4 is 15.4 Å². The van der Waals surface area contributed by atoms with E-state index in [1.54, 1.807) is 43.5 Å². The number of amides is 2. The van der Waals surface area contributed by atoms with Gasteiger partial charge in [-0.1, -0.05) is 42.5 Å². The van der Waals surface area contributed by atoms with Crippen LogP contribution in [-0.4, -0.2) is 29.1 Å². The average Bonchev–Trinajstić information content (AvgIpc) is 3.16. The molecule has 0 bridgehead atoms. The van der Waals surface area contributed by atoms with E-state index in [1.165, 1.54) is 11.3 Å². The van der Waals surface area contributed by atoms with Crippen LogP contribution in [-0.2, 0) is 17.6 Å². The summed E-state index contributed by atoms with van der Waals surface area (Å²) in [5.41, 5.74) is 1.65. The molecule has 28 heavy (non-hydrogen) atoms. The van der Waals surface area contributed by atoms with Crippen molar-refractivity contribution < 1.29 is 14.3 Å². The fourth-order valence-corrected chi connectivity index (χ4v) is 3.20. The molecule has 144 valence electrons. The van der Waals surface area contributed by atoms with Gasteiger partial charge < -0.3 is 10.1 Å². The molecule has 7 nitrogen and oxygen atoms in total. The number of nitrogens with zero attached hydrogens (tertiary/aromatic N) is 2. The highest BCUT2D eigenvalue weighted by Gasteiger charge is 2.15. The SMILES string of the molecule is CCc1nnc(NC(=O)c2ccccc2NC(=O)Cc2ccc(OC)cc2)s1. The van der Waals surface area contributed by atoms with Gasteiger partial charge in [-0.25, -0.2) is 0 Å². The Morgan fingerprint density at radius 2 is 1.79 bits per heavy atom. The molecule has 0 aliphatic heterocycles. The van der Waals surface area contributed by atoms with Crippen molar-refractivity contribution in [3.63, 3.8) is 0 Å². The van der Waals surface area contributed by atoms with Gasteiger partial charge in [0.2, 0.25) is 11.0 Å². The predicted molar refractivity (Wildman–Crippen MR) is 109 cm³/mol. The van der Waals surface area contributed by atoms with Crippen molar-refractivity contribution in [2.24, 2.45) is 0 Å².